The Morgan fingerprint density at radius 2 is 1.47 bits per heavy atom. The van der Waals surface area contributed by atoms with Crippen molar-refractivity contribution in [3.8, 4) is 0 Å². The zero-order chi connectivity index (χ0) is 12.5. The molecule has 98 valence electrons. The molecule has 0 aliphatic heterocycles. The average molecular weight is 276 g/mol. The van der Waals surface area contributed by atoms with Gasteiger partial charge in [-0.25, -0.2) is 4.39 Å². The Balaban J connectivity index is 0.00000133. The number of alkyl halides is 1. The summed E-state index contributed by atoms with van der Waals surface area (Å²) < 4.78 is 12.9. The van der Waals surface area contributed by atoms with Crippen LogP contribution >= 0.6 is 12.4 Å². The fraction of sp³-hybridized carbons (Fsp3) is 0.125. The van der Waals surface area contributed by atoms with Crippen molar-refractivity contribution in [2.75, 3.05) is 6.67 Å². The maximum absolute atomic E-state index is 12.9. The topological polar surface area (TPSA) is 26.0 Å². The van der Waals surface area contributed by atoms with E-state index in [9.17, 15) is 4.39 Å². The monoisotopic (exact) mass is 275 g/mol. The second-order valence-electron chi connectivity index (χ2n) is 4.49. The fourth-order valence-corrected chi connectivity index (χ4v) is 2.47. The molecule has 3 heteroatoms. The van der Waals surface area contributed by atoms with Crippen molar-refractivity contribution in [3.05, 3.63) is 60.2 Å². The molecule has 0 saturated carbocycles. The number of nitrogens with two attached hydrogens (primary N) is 1. The lowest BCUT2D eigenvalue weighted by Gasteiger charge is -2.14. The van der Waals surface area contributed by atoms with Crippen molar-refractivity contribution in [2.24, 2.45) is 5.73 Å². The highest BCUT2D eigenvalue weighted by Gasteiger charge is 2.11. The Labute approximate surface area is 117 Å². The number of fused-ring (bicyclic) bond motifs is 3. The molecule has 3 rings (SSSR count). The van der Waals surface area contributed by atoms with Crippen LogP contribution in [0.5, 0.6) is 0 Å². The second-order valence-corrected chi connectivity index (χ2v) is 4.49. The van der Waals surface area contributed by atoms with Gasteiger partial charge in [0, 0.05) is 0 Å². The Kier molecular flexibility index (Phi) is 4.03. The van der Waals surface area contributed by atoms with Gasteiger partial charge >= 0.3 is 0 Å². The van der Waals surface area contributed by atoms with Crippen molar-refractivity contribution in [1.82, 2.24) is 0 Å². The van der Waals surface area contributed by atoms with Crippen molar-refractivity contribution < 1.29 is 4.39 Å². The SMILES string of the molecule is Cl.N[C@@H](CF)c1cc2ccccc2c2ccccc12. The molecule has 0 heterocycles. The van der Waals surface area contributed by atoms with Crippen LogP contribution in [0.3, 0.4) is 0 Å². The molecule has 1 atom stereocenters. The Morgan fingerprint density at radius 1 is 0.895 bits per heavy atom. The van der Waals surface area contributed by atoms with Crippen molar-refractivity contribution in [3.63, 3.8) is 0 Å². The molecule has 1 nitrogen and oxygen atoms in total. The van der Waals surface area contributed by atoms with Gasteiger partial charge in [-0.05, 0) is 33.2 Å². The van der Waals surface area contributed by atoms with E-state index in [4.69, 9.17) is 5.73 Å². The van der Waals surface area contributed by atoms with Crippen molar-refractivity contribution >= 4 is 34.0 Å². The van der Waals surface area contributed by atoms with E-state index in [2.05, 4.69) is 12.1 Å². The minimum absolute atomic E-state index is 0. The summed E-state index contributed by atoms with van der Waals surface area (Å²) in [5.74, 6) is 0. The van der Waals surface area contributed by atoms with Gasteiger partial charge in [0.1, 0.15) is 6.67 Å². The molecule has 0 amide bonds. The number of halogens is 2. The highest BCUT2D eigenvalue weighted by Crippen LogP contribution is 2.31. The zero-order valence-corrected chi connectivity index (χ0v) is 11.2. The number of hydrogen-bond acceptors (Lipinski definition) is 1. The predicted molar refractivity (Wildman–Crippen MR) is 81.6 cm³/mol. The van der Waals surface area contributed by atoms with Crippen LogP contribution in [-0.4, -0.2) is 6.67 Å². The third kappa shape index (κ3) is 2.29. The van der Waals surface area contributed by atoms with E-state index in [-0.39, 0.29) is 12.4 Å². The van der Waals surface area contributed by atoms with Gasteiger partial charge in [-0.2, -0.15) is 0 Å². The zero-order valence-electron chi connectivity index (χ0n) is 10.3. The third-order valence-electron chi connectivity index (χ3n) is 3.37. The summed E-state index contributed by atoms with van der Waals surface area (Å²) in [6.45, 7) is -0.539. The lowest BCUT2D eigenvalue weighted by atomic mass is 9.94. The first-order chi connectivity index (χ1) is 8.81. The van der Waals surface area contributed by atoms with Crippen LogP contribution in [0.2, 0.25) is 0 Å². The minimum atomic E-state index is -0.556. The van der Waals surface area contributed by atoms with E-state index >= 15 is 0 Å². The van der Waals surface area contributed by atoms with Crippen molar-refractivity contribution in [2.45, 2.75) is 6.04 Å². The normalized spacial score (nSPS) is 12.3. The lowest BCUT2D eigenvalue weighted by Crippen LogP contribution is -2.12. The third-order valence-corrected chi connectivity index (χ3v) is 3.37. The maximum Gasteiger partial charge on any atom is 0.109 e. The molecular weight excluding hydrogens is 261 g/mol. The molecule has 0 fully saturated rings. The van der Waals surface area contributed by atoms with Gasteiger partial charge in [0.05, 0.1) is 6.04 Å². The molecule has 0 unspecified atom stereocenters. The van der Waals surface area contributed by atoms with E-state index < -0.39 is 12.7 Å². The molecule has 0 bridgehead atoms. The van der Waals surface area contributed by atoms with E-state index in [0.717, 1.165) is 21.7 Å². The Hall–Kier alpha value is -1.64. The number of benzene rings is 3. The van der Waals surface area contributed by atoms with Gasteiger partial charge < -0.3 is 5.73 Å². The molecule has 0 spiro atoms. The highest BCUT2D eigenvalue weighted by atomic mass is 35.5. The smallest absolute Gasteiger partial charge is 0.109 e. The standard InChI is InChI=1S/C16H14FN.ClH/c17-10-16(18)15-9-11-5-1-2-6-12(11)13-7-3-4-8-14(13)15;/h1-9,16H,10,18H2;1H/t16-;/m0./s1. The quantitative estimate of drug-likeness (QED) is 0.690. The largest absolute Gasteiger partial charge is 0.322 e. The van der Waals surface area contributed by atoms with E-state index in [1.807, 2.05) is 42.5 Å². The molecule has 0 aliphatic carbocycles. The Bertz CT molecular complexity index is 711. The van der Waals surface area contributed by atoms with Crippen LogP contribution in [0.1, 0.15) is 11.6 Å². The van der Waals surface area contributed by atoms with E-state index in [1.54, 1.807) is 0 Å². The summed E-state index contributed by atoms with van der Waals surface area (Å²) in [5, 5.41) is 4.47. The van der Waals surface area contributed by atoms with Crippen molar-refractivity contribution in [1.29, 1.82) is 0 Å². The van der Waals surface area contributed by atoms with Gasteiger partial charge in [0.15, 0.2) is 0 Å². The van der Waals surface area contributed by atoms with E-state index in [1.165, 1.54) is 5.39 Å². The summed E-state index contributed by atoms with van der Waals surface area (Å²) in [6, 6.07) is 17.6. The molecule has 0 saturated heterocycles. The first-order valence-electron chi connectivity index (χ1n) is 6.03. The first-order valence-corrected chi connectivity index (χ1v) is 6.03. The Morgan fingerprint density at radius 3 is 2.16 bits per heavy atom. The van der Waals surface area contributed by atoms with Crippen LogP contribution in [-0.2, 0) is 0 Å². The molecule has 0 aliphatic rings. The summed E-state index contributed by atoms with van der Waals surface area (Å²) in [5.41, 5.74) is 6.76. The van der Waals surface area contributed by atoms with Crippen LogP contribution in [0.15, 0.2) is 54.6 Å². The second kappa shape index (κ2) is 5.55. The van der Waals surface area contributed by atoms with Gasteiger partial charge in [-0.15, -0.1) is 12.4 Å². The summed E-state index contributed by atoms with van der Waals surface area (Å²) >= 11 is 0. The molecule has 0 aromatic heterocycles. The van der Waals surface area contributed by atoms with Crippen LogP contribution in [0.4, 0.5) is 4.39 Å². The molecule has 2 N–H and O–H groups in total. The van der Waals surface area contributed by atoms with Gasteiger partial charge in [0.2, 0.25) is 0 Å². The molecular formula is C16H15ClFN. The van der Waals surface area contributed by atoms with Crippen LogP contribution in [0, 0.1) is 0 Å². The fourth-order valence-electron chi connectivity index (χ4n) is 2.47. The lowest BCUT2D eigenvalue weighted by molar-refractivity contribution is 0.439. The molecule has 0 radical (unpaired) electrons. The molecule has 19 heavy (non-hydrogen) atoms. The van der Waals surface area contributed by atoms with Gasteiger partial charge in [-0.3, -0.25) is 0 Å². The summed E-state index contributed by atoms with van der Waals surface area (Å²) in [4.78, 5) is 0. The maximum atomic E-state index is 12.9. The number of rotatable bonds is 2. The van der Waals surface area contributed by atoms with Crippen LogP contribution < -0.4 is 5.73 Å². The summed E-state index contributed by atoms with van der Waals surface area (Å²) in [7, 11) is 0. The summed E-state index contributed by atoms with van der Waals surface area (Å²) in [6.07, 6.45) is 0. The predicted octanol–water partition coefficient (Wildman–Crippen LogP) is 4.38. The molecule has 3 aromatic carbocycles. The van der Waals surface area contributed by atoms with Gasteiger partial charge in [0.25, 0.3) is 0 Å². The number of hydrogen-bond donors (Lipinski definition) is 1. The minimum Gasteiger partial charge on any atom is -0.322 e. The van der Waals surface area contributed by atoms with E-state index in [0.29, 0.717) is 0 Å². The van der Waals surface area contributed by atoms with Crippen LogP contribution in [0.25, 0.3) is 21.5 Å². The molecule has 3 aromatic rings. The van der Waals surface area contributed by atoms with Gasteiger partial charge in [-0.1, -0.05) is 48.5 Å². The highest BCUT2D eigenvalue weighted by molar-refractivity contribution is 6.09. The first kappa shape index (κ1) is 13.8. The average Bonchev–Trinajstić information content (AvgIpc) is 2.45.